The topological polar surface area (TPSA) is 76.4 Å². The number of nitriles is 1. The Hall–Kier alpha value is -1.97. The molecule has 1 aromatic carbocycles. The second-order valence-electron chi connectivity index (χ2n) is 4.42. The number of carbonyl (C=O) groups is 1. The number of hydrogen-bond acceptors (Lipinski definition) is 4. The minimum Gasteiger partial charge on any atom is -0.480 e. The Morgan fingerprint density at radius 3 is 3.11 bits per heavy atom. The molecule has 5 nitrogen and oxygen atoms in total. The third kappa shape index (κ3) is 2.89. The first-order chi connectivity index (χ1) is 9.13. The van der Waals surface area contributed by atoms with Crippen molar-refractivity contribution >= 4 is 5.97 Å². The number of aliphatic carboxylic acids is 1. The lowest BCUT2D eigenvalue weighted by molar-refractivity contribution is -0.144. The van der Waals surface area contributed by atoms with Gasteiger partial charge in [-0.3, -0.25) is 9.69 Å². The average Bonchev–Trinajstić information content (AvgIpc) is 2.41. The first-order valence-electron chi connectivity index (χ1n) is 5.98. The summed E-state index contributed by atoms with van der Waals surface area (Å²) in [7, 11) is 0. The standard InChI is InChI=1S/C13H14FN3O2/c14-12-9(6-15)2-1-3-10(12)8-17-5-4-16-7-11(17)13(18)19/h1-3,11,16H,4-5,7-8H2,(H,18,19). The molecule has 0 spiro atoms. The van der Waals surface area contributed by atoms with Gasteiger partial charge in [0.1, 0.15) is 17.9 Å². The molecule has 1 heterocycles. The molecule has 1 atom stereocenters. The van der Waals surface area contributed by atoms with Gasteiger partial charge in [-0.25, -0.2) is 4.39 Å². The van der Waals surface area contributed by atoms with Gasteiger partial charge in [-0.05, 0) is 6.07 Å². The number of nitrogens with zero attached hydrogens (tertiary/aromatic N) is 2. The molecule has 2 rings (SSSR count). The van der Waals surface area contributed by atoms with Crippen molar-refractivity contribution in [1.82, 2.24) is 10.2 Å². The van der Waals surface area contributed by atoms with Crippen LogP contribution < -0.4 is 5.32 Å². The minimum absolute atomic E-state index is 0.0143. The van der Waals surface area contributed by atoms with Crippen molar-refractivity contribution in [3.63, 3.8) is 0 Å². The number of nitrogens with one attached hydrogen (secondary N) is 1. The fourth-order valence-corrected chi connectivity index (χ4v) is 2.19. The number of benzene rings is 1. The SMILES string of the molecule is N#Cc1cccc(CN2CCNCC2C(=O)O)c1F. The Labute approximate surface area is 110 Å². The lowest BCUT2D eigenvalue weighted by atomic mass is 10.1. The summed E-state index contributed by atoms with van der Waals surface area (Å²) in [6.07, 6.45) is 0. The van der Waals surface area contributed by atoms with Gasteiger partial charge in [0.05, 0.1) is 5.56 Å². The predicted molar refractivity (Wildman–Crippen MR) is 65.8 cm³/mol. The van der Waals surface area contributed by atoms with E-state index >= 15 is 0 Å². The van der Waals surface area contributed by atoms with Gasteiger partial charge in [0.15, 0.2) is 0 Å². The number of hydrogen-bond donors (Lipinski definition) is 2. The maximum Gasteiger partial charge on any atom is 0.322 e. The summed E-state index contributed by atoms with van der Waals surface area (Å²) in [4.78, 5) is 12.8. The van der Waals surface area contributed by atoms with Gasteiger partial charge in [0, 0.05) is 31.7 Å². The van der Waals surface area contributed by atoms with E-state index in [2.05, 4.69) is 5.32 Å². The van der Waals surface area contributed by atoms with Gasteiger partial charge in [-0.1, -0.05) is 12.1 Å². The van der Waals surface area contributed by atoms with E-state index in [9.17, 15) is 9.18 Å². The van der Waals surface area contributed by atoms with Crippen LogP contribution in [0.5, 0.6) is 0 Å². The summed E-state index contributed by atoms with van der Waals surface area (Å²) in [6.45, 7) is 1.74. The van der Waals surface area contributed by atoms with Gasteiger partial charge >= 0.3 is 5.97 Å². The molecule has 2 N–H and O–H groups in total. The van der Waals surface area contributed by atoms with Crippen LogP contribution in [-0.2, 0) is 11.3 Å². The van der Waals surface area contributed by atoms with Crippen LogP contribution in [0.15, 0.2) is 18.2 Å². The average molecular weight is 263 g/mol. The number of carboxylic acids is 1. The second-order valence-corrected chi connectivity index (χ2v) is 4.42. The van der Waals surface area contributed by atoms with Crippen LogP contribution in [0.25, 0.3) is 0 Å². The third-order valence-corrected chi connectivity index (χ3v) is 3.21. The molecule has 0 saturated carbocycles. The van der Waals surface area contributed by atoms with Crippen molar-refractivity contribution < 1.29 is 14.3 Å². The molecule has 0 aliphatic carbocycles. The van der Waals surface area contributed by atoms with Crippen molar-refractivity contribution in [1.29, 1.82) is 5.26 Å². The molecule has 100 valence electrons. The van der Waals surface area contributed by atoms with Crippen molar-refractivity contribution in [2.24, 2.45) is 0 Å². The maximum absolute atomic E-state index is 13.9. The van der Waals surface area contributed by atoms with Gasteiger partial charge in [0.25, 0.3) is 0 Å². The molecule has 0 bridgehead atoms. The highest BCUT2D eigenvalue weighted by molar-refractivity contribution is 5.74. The molecule has 1 fully saturated rings. The van der Waals surface area contributed by atoms with Crippen LogP contribution in [0.4, 0.5) is 4.39 Å². The van der Waals surface area contributed by atoms with Crippen LogP contribution in [0, 0.1) is 17.1 Å². The highest BCUT2D eigenvalue weighted by Gasteiger charge is 2.28. The largest absolute Gasteiger partial charge is 0.480 e. The Morgan fingerprint density at radius 2 is 2.42 bits per heavy atom. The summed E-state index contributed by atoms with van der Waals surface area (Å²) >= 11 is 0. The molecule has 1 unspecified atom stereocenters. The summed E-state index contributed by atoms with van der Waals surface area (Å²) in [5.41, 5.74) is 0.340. The molecule has 19 heavy (non-hydrogen) atoms. The van der Waals surface area contributed by atoms with Gasteiger partial charge < -0.3 is 10.4 Å². The summed E-state index contributed by atoms with van der Waals surface area (Å²) in [5.74, 6) is -1.49. The van der Waals surface area contributed by atoms with E-state index in [1.54, 1.807) is 23.1 Å². The van der Waals surface area contributed by atoms with E-state index < -0.39 is 17.8 Å². The molecule has 1 saturated heterocycles. The Balaban J connectivity index is 2.20. The van der Waals surface area contributed by atoms with E-state index in [1.807, 2.05) is 0 Å². The molecule has 6 heteroatoms. The zero-order valence-electron chi connectivity index (χ0n) is 10.3. The predicted octanol–water partition coefficient (Wildman–Crippen LogP) is 0.556. The van der Waals surface area contributed by atoms with Crippen molar-refractivity contribution in [2.45, 2.75) is 12.6 Å². The normalized spacial score (nSPS) is 19.9. The summed E-state index contributed by atoms with van der Waals surface area (Å²) in [5, 5.41) is 20.9. The van der Waals surface area contributed by atoms with Crippen LogP contribution in [0.3, 0.4) is 0 Å². The molecular weight excluding hydrogens is 249 g/mol. The number of carboxylic acid groups (broad SMARTS) is 1. The van der Waals surface area contributed by atoms with E-state index in [4.69, 9.17) is 10.4 Å². The molecular formula is C13H14FN3O2. The molecule has 1 aromatic rings. The molecule has 0 aromatic heterocycles. The summed E-state index contributed by atoms with van der Waals surface area (Å²) in [6, 6.07) is 5.71. The Kier molecular flexibility index (Phi) is 4.10. The van der Waals surface area contributed by atoms with Crippen molar-refractivity contribution in [3.05, 3.63) is 35.1 Å². The fraction of sp³-hybridized carbons (Fsp3) is 0.385. The Bertz CT molecular complexity index is 527. The molecule has 1 aliphatic heterocycles. The highest BCUT2D eigenvalue weighted by Crippen LogP contribution is 2.16. The molecule has 0 radical (unpaired) electrons. The quantitative estimate of drug-likeness (QED) is 0.833. The monoisotopic (exact) mass is 263 g/mol. The Morgan fingerprint density at radius 1 is 1.63 bits per heavy atom. The van der Waals surface area contributed by atoms with Crippen LogP contribution in [-0.4, -0.2) is 41.7 Å². The highest BCUT2D eigenvalue weighted by atomic mass is 19.1. The maximum atomic E-state index is 13.9. The number of piperazine rings is 1. The lowest BCUT2D eigenvalue weighted by Crippen LogP contribution is -2.54. The number of halogens is 1. The molecule has 1 aliphatic rings. The number of rotatable bonds is 3. The summed E-state index contributed by atoms with van der Waals surface area (Å²) < 4.78 is 13.9. The van der Waals surface area contributed by atoms with Crippen molar-refractivity contribution in [2.75, 3.05) is 19.6 Å². The third-order valence-electron chi connectivity index (χ3n) is 3.21. The van der Waals surface area contributed by atoms with Crippen LogP contribution in [0.2, 0.25) is 0 Å². The van der Waals surface area contributed by atoms with E-state index in [-0.39, 0.29) is 12.1 Å². The van der Waals surface area contributed by atoms with Gasteiger partial charge in [0.2, 0.25) is 0 Å². The minimum atomic E-state index is -0.927. The molecule has 0 amide bonds. The smallest absolute Gasteiger partial charge is 0.322 e. The van der Waals surface area contributed by atoms with Crippen LogP contribution in [0.1, 0.15) is 11.1 Å². The van der Waals surface area contributed by atoms with E-state index in [0.717, 1.165) is 0 Å². The van der Waals surface area contributed by atoms with Crippen molar-refractivity contribution in [3.8, 4) is 6.07 Å². The van der Waals surface area contributed by atoms with Crippen LogP contribution >= 0.6 is 0 Å². The first-order valence-corrected chi connectivity index (χ1v) is 5.98. The van der Waals surface area contributed by atoms with Gasteiger partial charge in [-0.2, -0.15) is 5.26 Å². The zero-order valence-corrected chi connectivity index (χ0v) is 10.3. The fourth-order valence-electron chi connectivity index (χ4n) is 2.19. The first kappa shape index (κ1) is 13.5. The van der Waals surface area contributed by atoms with E-state index in [1.165, 1.54) is 6.07 Å². The zero-order chi connectivity index (χ0) is 13.8. The van der Waals surface area contributed by atoms with E-state index in [0.29, 0.717) is 25.2 Å². The van der Waals surface area contributed by atoms with Gasteiger partial charge in [-0.15, -0.1) is 0 Å². The second kappa shape index (κ2) is 5.78. The lowest BCUT2D eigenvalue weighted by Gasteiger charge is -2.33.